The molecule has 0 saturated heterocycles. The molecule has 0 spiro atoms. The molecule has 0 saturated carbocycles. The van der Waals surface area contributed by atoms with Crippen molar-refractivity contribution in [2.75, 3.05) is 0 Å². The predicted molar refractivity (Wildman–Crippen MR) is 65.2 cm³/mol. The average molecular weight is 438 g/mol. The molecule has 0 nitrogen and oxygen atoms in total. The van der Waals surface area contributed by atoms with Crippen LogP contribution in [-0.2, 0) is 25.8 Å². The van der Waals surface area contributed by atoms with E-state index in [1.54, 1.807) is 0 Å². The molecule has 0 aliphatic heterocycles. The van der Waals surface area contributed by atoms with Crippen molar-refractivity contribution in [1.82, 2.24) is 0 Å². The maximum atomic E-state index is 3.12. The molecule has 0 aromatic heterocycles. The Balaban J connectivity index is -0.0000000436. The first-order chi connectivity index (χ1) is 5.79. The fourth-order valence-corrected chi connectivity index (χ4v) is 1.03. The van der Waals surface area contributed by atoms with E-state index in [9.17, 15) is 0 Å². The quantitative estimate of drug-likeness (QED) is 0.313. The van der Waals surface area contributed by atoms with E-state index in [1.165, 1.54) is 11.1 Å². The molecule has 0 aromatic carbocycles. The Kier molecular flexibility index (Phi) is 33.6. The van der Waals surface area contributed by atoms with Crippen LogP contribution >= 0.6 is 0 Å². The van der Waals surface area contributed by atoms with Crippen molar-refractivity contribution >= 4 is 0 Å². The van der Waals surface area contributed by atoms with Crippen molar-refractivity contribution in [2.45, 2.75) is 26.7 Å². The number of halogens is 2. The van der Waals surface area contributed by atoms with Gasteiger partial charge in [0.15, 0.2) is 0 Å². The first kappa shape index (κ1) is 30.4. The van der Waals surface area contributed by atoms with Crippen LogP contribution in [-0.4, -0.2) is 0 Å². The van der Waals surface area contributed by atoms with Crippen LogP contribution in [0, 0.1) is 27.0 Å². The zero-order valence-corrected chi connectivity index (χ0v) is 16.1. The minimum absolute atomic E-state index is 0. The van der Waals surface area contributed by atoms with Crippen molar-refractivity contribution in [3.8, 4) is 0 Å². The monoisotopic (exact) mass is 438 g/mol. The van der Waals surface area contributed by atoms with Gasteiger partial charge in [0.05, 0.1) is 0 Å². The SMILES string of the molecule is CC1=[C-]CC=C1.CC1=[C-]CC=C1.[CH3-].[CH3-].[Cl-].[Cl-].[Hf]. The van der Waals surface area contributed by atoms with E-state index in [1.807, 2.05) is 0 Å². The summed E-state index contributed by atoms with van der Waals surface area (Å²) < 4.78 is 0. The van der Waals surface area contributed by atoms with Crippen LogP contribution in [0.5, 0.6) is 0 Å². The summed E-state index contributed by atoms with van der Waals surface area (Å²) in [4.78, 5) is 0. The van der Waals surface area contributed by atoms with Crippen LogP contribution < -0.4 is 24.8 Å². The largest absolute Gasteiger partial charge is 1.00 e. The number of allylic oxidation sites excluding steroid dienone is 8. The summed E-state index contributed by atoms with van der Waals surface area (Å²) in [6.45, 7) is 4.12. The zero-order chi connectivity index (χ0) is 8.81. The van der Waals surface area contributed by atoms with E-state index >= 15 is 0 Å². The van der Waals surface area contributed by atoms with Crippen LogP contribution in [0.15, 0.2) is 35.5 Å². The second kappa shape index (κ2) is 18.8. The Bertz CT molecular complexity index is 230. The summed E-state index contributed by atoms with van der Waals surface area (Å²) in [6, 6.07) is 0. The van der Waals surface area contributed by atoms with Gasteiger partial charge in [0.2, 0.25) is 0 Å². The molecule has 0 N–H and O–H groups in total. The molecule has 2 aliphatic rings. The first-order valence-corrected chi connectivity index (χ1v) is 4.27. The van der Waals surface area contributed by atoms with Gasteiger partial charge in [0.1, 0.15) is 0 Å². The van der Waals surface area contributed by atoms with Crippen molar-refractivity contribution < 1.29 is 50.7 Å². The smallest absolute Gasteiger partial charge is 0 e. The molecule has 100 valence electrons. The molecule has 3 heteroatoms. The summed E-state index contributed by atoms with van der Waals surface area (Å²) in [5, 5.41) is 0. The minimum Gasteiger partial charge on any atom is -1.00 e. The molecule has 0 amide bonds. The van der Waals surface area contributed by atoms with Gasteiger partial charge in [-0.25, -0.2) is 23.3 Å². The van der Waals surface area contributed by atoms with Crippen molar-refractivity contribution in [1.29, 1.82) is 0 Å². The van der Waals surface area contributed by atoms with Crippen LogP contribution in [0.1, 0.15) is 26.7 Å². The van der Waals surface area contributed by atoms with Gasteiger partial charge in [-0.3, -0.25) is 12.2 Å². The molecule has 0 bridgehead atoms. The van der Waals surface area contributed by atoms with E-state index in [-0.39, 0.29) is 65.5 Å². The number of rotatable bonds is 0. The molecular formula is C14H20Cl2Hf-6. The Labute approximate surface area is 139 Å². The fourth-order valence-electron chi connectivity index (χ4n) is 1.03. The van der Waals surface area contributed by atoms with E-state index in [4.69, 9.17) is 0 Å². The number of hydrogen-bond acceptors (Lipinski definition) is 0. The molecule has 2 aliphatic carbocycles. The maximum Gasteiger partial charge on any atom is 0 e. The average Bonchev–Trinajstić information content (AvgIpc) is 2.63. The van der Waals surface area contributed by atoms with E-state index in [0.29, 0.717) is 0 Å². The van der Waals surface area contributed by atoms with Gasteiger partial charge in [0.25, 0.3) is 0 Å². The van der Waals surface area contributed by atoms with Crippen molar-refractivity contribution in [3.05, 3.63) is 62.5 Å². The zero-order valence-electron chi connectivity index (χ0n) is 11.0. The van der Waals surface area contributed by atoms with Gasteiger partial charge in [-0.05, 0) is 0 Å². The van der Waals surface area contributed by atoms with E-state index < -0.39 is 0 Å². The van der Waals surface area contributed by atoms with Crippen LogP contribution in [0.2, 0.25) is 0 Å². The third-order valence-electron chi connectivity index (χ3n) is 1.73. The molecule has 0 radical (unpaired) electrons. The molecule has 17 heavy (non-hydrogen) atoms. The molecule has 0 heterocycles. The van der Waals surface area contributed by atoms with Gasteiger partial charge >= 0.3 is 0 Å². The molecule has 0 aromatic rings. The van der Waals surface area contributed by atoms with E-state index in [2.05, 4.69) is 50.3 Å². The summed E-state index contributed by atoms with van der Waals surface area (Å²) in [6.07, 6.45) is 16.7. The Morgan fingerprint density at radius 1 is 0.824 bits per heavy atom. The number of hydrogen-bond donors (Lipinski definition) is 0. The van der Waals surface area contributed by atoms with Crippen LogP contribution in [0.25, 0.3) is 0 Å². The third-order valence-corrected chi connectivity index (χ3v) is 1.73. The fraction of sp³-hybridized carbons (Fsp3) is 0.286. The molecule has 2 rings (SSSR count). The maximum absolute atomic E-state index is 3.12. The van der Waals surface area contributed by atoms with Crippen molar-refractivity contribution in [2.24, 2.45) is 0 Å². The van der Waals surface area contributed by atoms with Gasteiger partial charge in [0, 0.05) is 25.8 Å². The van der Waals surface area contributed by atoms with Crippen LogP contribution in [0.3, 0.4) is 0 Å². The third kappa shape index (κ3) is 16.4. The van der Waals surface area contributed by atoms with Gasteiger partial charge in [-0.2, -0.15) is 12.2 Å². The van der Waals surface area contributed by atoms with Crippen molar-refractivity contribution in [3.63, 3.8) is 0 Å². The Morgan fingerprint density at radius 2 is 1.12 bits per heavy atom. The molecule has 0 unspecified atom stereocenters. The second-order valence-corrected chi connectivity index (χ2v) is 2.93. The molecule has 0 fully saturated rings. The molecule has 0 atom stereocenters. The van der Waals surface area contributed by atoms with E-state index in [0.717, 1.165) is 12.8 Å². The van der Waals surface area contributed by atoms with Gasteiger partial charge in [-0.15, -0.1) is 12.8 Å². The second-order valence-electron chi connectivity index (χ2n) is 2.93. The van der Waals surface area contributed by atoms with Gasteiger partial charge < -0.3 is 39.7 Å². The summed E-state index contributed by atoms with van der Waals surface area (Å²) in [5.41, 5.74) is 2.55. The normalized spacial score (nSPS) is 13.1. The topological polar surface area (TPSA) is 0 Å². The Morgan fingerprint density at radius 3 is 1.18 bits per heavy atom. The Hall–Kier alpha value is 0.410. The first-order valence-electron chi connectivity index (χ1n) is 4.27. The summed E-state index contributed by atoms with van der Waals surface area (Å²) >= 11 is 0. The minimum atomic E-state index is 0. The summed E-state index contributed by atoms with van der Waals surface area (Å²) in [7, 11) is 0. The predicted octanol–water partition coefficient (Wildman–Crippen LogP) is -1.70. The summed E-state index contributed by atoms with van der Waals surface area (Å²) in [5.74, 6) is 0. The molecular weight excluding hydrogens is 418 g/mol. The van der Waals surface area contributed by atoms with Gasteiger partial charge in [-0.1, -0.05) is 13.8 Å². The standard InChI is InChI=1S/2C6H7.2CH3.2ClH.Hf/c2*1-6-4-2-3-5-6;;;;;/h2*2,4H,3H2,1H3;2*1H3;2*1H;/q4*-1;;;/p-2. The van der Waals surface area contributed by atoms with Crippen LogP contribution in [0.4, 0.5) is 0 Å².